The van der Waals surface area contributed by atoms with Crippen molar-refractivity contribution >= 4 is 23.6 Å². The highest BCUT2D eigenvalue weighted by Crippen LogP contribution is 2.20. The van der Waals surface area contributed by atoms with Crippen molar-refractivity contribution in [1.29, 1.82) is 0 Å². The van der Waals surface area contributed by atoms with E-state index in [-0.39, 0.29) is 6.09 Å². The molecule has 122 valence electrons. The number of hydrogen-bond donors (Lipinski definition) is 1. The SMILES string of the molecule is CC(C)(C)OC(=O)N1CCC(CNc2nccc(Cl)n2)CC1. The maximum Gasteiger partial charge on any atom is 0.410 e. The number of piperidine rings is 1. The molecule has 6 nitrogen and oxygen atoms in total. The number of anilines is 1. The first-order valence-corrected chi connectivity index (χ1v) is 7.91. The van der Waals surface area contributed by atoms with Crippen molar-refractivity contribution in [1.82, 2.24) is 14.9 Å². The number of ether oxygens (including phenoxy) is 1. The molecule has 2 rings (SSSR count). The van der Waals surface area contributed by atoms with E-state index in [0.717, 1.165) is 32.5 Å². The summed E-state index contributed by atoms with van der Waals surface area (Å²) in [6.45, 7) is 7.86. The Bertz CT molecular complexity index is 511. The Balaban J connectivity index is 1.74. The fourth-order valence-electron chi connectivity index (χ4n) is 2.30. The van der Waals surface area contributed by atoms with Gasteiger partial charge in [0.2, 0.25) is 5.95 Å². The second-order valence-corrected chi connectivity index (χ2v) is 6.88. The van der Waals surface area contributed by atoms with Gasteiger partial charge in [0.25, 0.3) is 0 Å². The summed E-state index contributed by atoms with van der Waals surface area (Å²) in [5.41, 5.74) is -0.445. The molecule has 7 heteroatoms. The van der Waals surface area contributed by atoms with Gasteiger partial charge in [-0.25, -0.2) is 14.8 Å². The average Bonchev–Trinajstić information content (AvgIpc) is 2.44. The quantitative estimate of drug-likeness (QED) is 0.864. The minimum absolute atomic E-state index is 0.225. The summed E-state index contributed by atoms with van der Waals surface area (Å²) in [6.07, 6.45) is 3.28. The molecule has 1 saturated heterocycles. The first kappa shape index (κ1) is 16.8. The number of rotatable bonds is 3. The lowest BCUT2D eigenvalue weighted by molar-refractivity contribution is 0.0188. The van der Waals surface area contributed by atoms with Gasteiger partial charge in [0, 0.05) is 25.8 Å². The zero-order valence-corrected chi connectivity index (χ0v) is 14.1. The predicted octanol–water partition coefficient (Wildman–Crippen LogP) is 3.19. The number of nitrogens with zero attached hydrogens (tertiary/aromatic N) is 3. The molecule has 0 aromatic carbocycles. The molecule has 1 aliphatic heterocycles. The zero-order valence-electron chi connectivity index (χ0n) is 13.3. The third kappa shape index (κ3) is 5.33. The molecule has 22 heavy (non-hydrogen) atoms. The maximum absolute atomic E-state index is 12.0. The second kappa shape index (κ2) is 7.13. The molecule has 1 aromatic heterocycles. The van der Waals surface area contributed by atoms with Crippen LogP contribution in [0.3, 0.4) is 0 Å². The van der Waals surface area contributed by atoms with Crippen molar-refractivity contribution in [2.75, 3.05) is 25.0 Å². The van der Waals surface area contributed by atoms with Crippen LogP contribution < -0.4 is 5.32 Å². The minimum atomic E-state index is -0.445. The molecular weight excluding hydrogens is 304 g/mol. The molecule has 0 spiro atoms. The van der Waals surface area contributed by atoms with Crippen LogP contribution in [0.25, 0.3) is 0 Å². The summed E-state index contributed by atoms with van der Waals surface area (Å²) >= 11 is 5.82. The molecule has 0 atom stereocenters. The van der Waals surface area contributed by atoms with E-state index in [1.807, 2.05) is 20.8 Å². The summed E-state index contributed by atoms with van der Waals surface area (Å²) in [7, 11) is 0. The molecule has 1 fully saturated rings. The van der Waals surface area contributed by atoms with E-state index in [1.165, 1.54) is 0 Å². The van der Waals surface area contributed by atoms with E-state index in [0.29, 0.717) is 17.0 Å². The van der Waals surface area contributed by atoms with Gasteiger partial charge in [-0.15, -0.1) is 0 Å². The first-order valence-electron chi connectivity index (χ1n) is 7.54. The van der Waals surface area contributed by atoms with Crippen LogP contribution in [0.4, 0.5) is 10.7 Å². The van der Waals surface area contributed by atoms with Crippen molar-refractivity contribution in [3.05, 3.63) is 17.4 Å². The summed E-state index contributed by atoms with van der Waals surface area (Å²) < 4.78 is 5.39. The van der Waals surface area contributed by atoms with Gasteiger partial charge < -0.3 is 15.0 Å². The van der Waals surface area contributed by atoms with E-state index in [4.69, 9.17) is 16.3 Å². The highest BCUT2D eigenvalue weighted by molar-refractivity contribution is 6.29. The van der Waals surface area contributed by atoms with Crippen molar-refractivity contribution in [3.8, 4) is 0 Å². The molecule has 1 N–H and O–H groups in total. The molecule has 0 bridgehead atoms. The highest BCUT2D eigenvalue weighted by Gasteiger charge is 2.26. The predicted molar refractivity (Wildman–Crippen MR) is 86.1 cm³/mol. The summed E-state index contributed by atoms with van der Waals surface area (Å²) in [6, 6.07) is 1.64. The average molecular weight is 327 g/mol. The largest absolute Gasteiger partial charge is 0.444 e. The molecule has 2 heterocycles. The Morgan fingerprint density at radius 1 is 1.45 bits per heavy atom. The topological polar surface area (TPSA) is 67.3 Å². The number of carbonyl (C=O) groups is 1. The summed E-state index contributed by atoms with van der Waals surface area (Å²) in [5, 5.41) is 3.62. The fraction of sp³-hybridized carbons (Fsp3) is 0.667. The van der Waals surface area contributed by atoms with Gasteiger partial charge in [-0.1, -0.05) is 11.6 Å². The first-order chi connectivity index (χ1) is 10.3. The maximum atomic E-state index is 12.0. The molecule has 0 unspecified atom stereocenters. The molecule has 1 aliphatic rings. The van der Waals surface area contributed by atoms with Gasteiger partial charge in [-0.05, 0) is 45.6 Å². The lowest BCUT2D eigenvalue weighted by atomic mass is 9.97. The van der Waals surface area contributed by atoms with Crippen molar-refractivity contribution in [3.63, 3.8) is 0 Å². The van der Waals surface area contributed by atoms with Crippen LogP contribution in [0.2, 0.25) is 5.15 Å². The molecule has 1 amide bonds. The van der Waals surface area contributed by atoms with Crippen LogP contribution in [0.5, 0.6) is 0 Å². The Labute approximate surface area is 136 Å². The highest BCUT2D eigenvalue weighted by atomic mass is 35.5. The Kier molecular flexibility index (Phi) is 5.45. The normalized spacial score (nSPS) is 16.5. The number of carbonyl (C=O) groups excluding carboxylic acids is 1. The monoisotopic (exact) mass is 326 g/mol. The van der Waals surface area contributed by atoms with Crippen LogP contribution in [0.1, 0.15) is 33.6 Å². The van der Waals surface area contributed by atoms with E-state index >= 15 is 0 Å². The number of aromatic nitrogens is 2. The van der Waals surface area contributed by atoms with Crippen LogP contribution in [-0.2, 0) is 4.74 Å². The van der Waals surface area contributed by atoms with Crippen LogP contribution >= 0.6 is 11.6 Å². The van der Waals surface area contributed by atoms with E-state index in [9.17, 15) is 4.79 Å². The Hall–Kier alpha value is -1.56. The third-order valence-corrected chi connectivity index (χ3v) is 3.65. The van der Waals surface area contributed by atoms with E-state index in [1.54, 1.807) is 17.2 Å². The summed E-state index contributed by atoms with van der Waals surface area (Å²) in [5.74, 6) is 1.03. The zero-order chi connectivity index (χ0) is 16.2. The van der Waals surface area contributed by atoms with Gasteiger partial charge in [0.15, 0.2) is 0 Å². The van der Waals surface area contributed by atoms with Crippen molar-refractivity contribution in [2.45, 2.75) is 39.2 Å². The number of likely N-dealkylation sites (tertiary alicyclic amines) is 1. The van der Waals surface area contributed by atoms with E-state index < -0.39 is 5.60 Å². The smallest absolute Gasteiger partial charge is 0.410 e. The van der Waals surface area contributed by atoms with Gasteiger partial charge in [-0.3, -0.25) is 0 Å². The number of halogens is 1. The minimum Gasteiger partial charge on any atom is -0.444 e. The van der Waals surface area contributed by atoms with Crippen LogP contribution in [0.15, 0.2) is 12.3 Å². The van der Waals surface area contributed by atoms with Crippen LogP contribution in [-0.4, -0.2) is 46.2 Å². The van der Waals surface area contributed by atoms with E-state index in [2.05, 4.69) is 15.3 Å². The van der Waals surface area contributed by atoms with Gasteiger partial charge >= 0.3 is 6.09 Å². The van der Waals surface area contributed by atoms with Gasteiger partial charge in [0.1, 0.15) is 10.8 Å². The number of amides is 1. The second-order valence-electron chi connectivity index (χ2n) is 6.49. The third-order valence-electron chi connectivity index (χ3n) is 3.44. The fourth-order valence-corrected chi connectivity index (χ4v) is 2.44. The molecule has 0 saturated carbocycles. The van der Waals surface area contributed by atoms with Crippen molar-refractivity contribution in [2.24, 2.45) is 5.92 Å². The summed E-state index contributed by atoms with van der Waals surface area (Å²) in [4.78, 5) is 22.0. The number of hydrogen-bond acceptors (Lipinski definition) is 5. The van der Waals surface area contributed by atoms with Crippen molar-refractivity contribution < 1.29 is 9.53 Å². The number of nitrogens with one attached hydrogen (secondary N) is 1. The van der Waals surface area contributed by atoms with Gasteiger partial charge in [-0.2, -0.15) is 0 Å². The lowest BCUT2D eigenvalue weighted by Gasteiger charge is -2.33. The lowest BCUT2D eigenvalue weighted by Crippen LogP contribution is -2.42. The molecule has 0 aliphatic carbocycles. The standard InChI is InChI=1S/C15H23ClN4O2/c1-15(2,3)22-14(21)20-8-5-11(6-9-20)10-18-13-17-7-4-12(16)19-13/h4,7,11H,5-6,8-10H2,1-3H3,(H,17,18,19). The van der Waals surface area contributed by atoms with Crippen LogP contribution in [0, 0.1) is 5.92 Å². The molecule has 0 radical (unpaired) electrons. The van der Waals surface area contributed by atoms with Gasteiger partial charge in [0.05, 0.1) is 0 Å². The molecule has 1 aromatic rings. The Morgan fingerprint density at radius 2 is 2.14 bits per heavy atom. The molecular formula is C15H23ClN4O2. The Morgan fingerprint density at radius 3 is 2.73 bits per heavy atom.